The highest BCUT2D eigenvalue weighted by Gasteiger charge is 2.22. The van der Waals surface area contributed by atoms with E-state index < -0.39 is 10.5 Å². The maximum absolute atomic E-state index is 10.3. The van der Waals surface area contributed by atoms with Gasteiger partial charge in [0.05, 0.1) is 10.6 Å². The van der Waals surface area contributed by atoms with Crippen LogP contribution >= 0.6 is 0 Å². The molecule has 0 amide bonds. The van der Waals surface area contributed by atoms with Gasteiger partial charge in [0.25, 0.3) is 5.69 Å². The van der Waals surface area contributed by atoms with E-state index in [1.165, 1.54) is 18.3 Å². The van der Waals surface area contributed by atoms with Gasteiger partial charge in [-0.05, 0) is 19.9 Å². The molecule has 0 saturated heterocycles. The van der Waals surface area contributed by atoms with Crippen LogP contribution in [0.15, 0.2) is 18.3 Å². The van der Waals surface area contributed by atoms with Gasteiger partial charge in [-0.25, -0.2) is 5.90 Å². The predicted octanol–water partition coefficient (Wildman–Crippen LogP) is 1.12. The fraction of sp³-hybridized carbons (Fsp3) is 0.375. The molecule has 6 nitrogen and oxygen atoms in total. The smallest absolute Gasteiger partial charge is 0.287 e. The molecule has 2 N–H and O–H groups in total. The molecule has 1 aromatic heterocycles. The summed E-state index contributed by atoms with van der Waals surface area (Å²) < 4.78 is 0. The van der Waals surface area contributed by atoms with Crippen molar-refractivity contribution in [2.24, 2.45) is 5.90 Å². The van der Waals surface area contributed by atoms with Crippen molar-refractivity contribution in [3.63, 3.8) is 0 Å². The SMILES string of the molecule is CC(C)(ON)c1ccc([N+](=O)[O-])cn1. The number of pyridine rings is 1. The third-order valence-corrected chi connectivity index (χ3v) is 1.87. The van der Waals surface area contributed by atoms with E-state index in [1.807, 2.05) is 0 Å². The van der Waals surface area contributed by atoms with Crippen LogP contribution in [0.2, 0.25) is 0 Å². The Bertz CT molecular complexity index is 334. The van der Waals surface area contributed by atoms with Gasteiger partial charge in [-0.1, -0.05) is 0 Å². The lowest BCUT2D eigenvalue weighted by Crippen LogP contribution is -2.26. The first-order valence-electron chi connectivity index (χ1n) is 3.96. The van der Waals surface area contributed by atoms with E-state index in [2.05, 4.69) is 4.98 Å². The van der Waals surface area contributed by atoms with Gasteiger partial charge in [-0.15, -0.1) is 0 Å². The number of nitrogens with two attached hydrogens (primary N) is 1. The molecule has 0 aliphatic heterocycles. The van der Waals surface area contributed by atoms with E-state index >= 15 is 0 Å². The number of hydrogen-bond donors (Lipinski definition) is 1. The minimum absolute atomic E-state index is 0.0541. The van der Waals surface area contributed by atoms with Crippen molar-refractivity contribution in [1.82, 2.24) is 4.98 Å². The third-order valence-electron chi connectivity index (χ3n) is 1.87. The van der Waals surface area contributed by atoms with E-state index in [4.69, 9.17) is 10.7 Å². The second-order valence-corrected chi connectivity index (χ2v) is 3.29. The Kier molecular flexibility index (Phi) is 2.78. The molecule has 0 fully saturated rings. The molecule has 1 aromatic rings. The molecule has 0 spiro atoms. The van der Waals surface area contributed by atoms with Crippen molar-refractivity contribution < 1.29 is 9.76 Å². The number of rotatable bonds is 3. The highest BCUT2D eigenvalue weighted by Crippen LogP contribution is 2.21. The lowest BCUT2D eigenvalue weighted by molar-refractivity contribution is -0.385. The molecule has 1 heterocycles. The molecule has 0 aromatic carbocycles. The number of nitro groups is 1. The summed E-state index contributed by atoms with van der Waals surface area (Å²) in [5, 5.41) is 10.3. The summed E-state index contributed by atoms with van der Waals surface area (Å²) in [6, 6.07) is 2.88. The molecule has 0 unspecified atom stereocenters. The Morgan fingerprint density at radius 1 is 1.57 bits per heavy atom. The van der Waals surface area contributed by atoms with Gasteiger partial charge in [0.1, 0.15) is 11.8 Å². The van der Waals surface area contributed by atoms with Gasteiger partial charge in [0, 0.05) is 6.07 Å². The zero-order chi connectivity index (χ0) is 10.8. The van der Waals surface area contributed by atoms with Gasteiger partial charge in [0.2, 0.25) is 0 Å². The topological polar surface area (TPSA) is 91.3 Å². The summed E-state index contributed by atoms with van der Waals surface area (Å²) in [4.78, 5) is 18.4. The molecule has 6 heteroatoms. The zero-order valence-electron chi connectivity index (χ0n) is 7.93. The van der Waals surface area contributed by atoms with E-state index in [0.29, 0.717) is 5.69 Å². The van der Waals surface area contributed by atoms with Crippen LogP contribution in [0.25, 0.3) is 0 Å². The molecule has 0 aliphatic carbocycles. The first kappa shape index (κ1) is 10.6. The quantitative estimate of drug-likeness (QED) is 0.579. The lowest BCUT2D eigenvalue weighted by Gasteiger charge is -2.20. The van der Waals surface area contributed by atoms with Gasteiger partial charge in [-0.2, -0.15) is 0 Å². The fourth-order valence-electron chi connectivity index (χ4n) is 0.911. The average molecular weight is 197 g/mol. The van der Waals surface area contributed by atoms with Crippen molar-refractivity contribution in [2.75, 3.05) is 0 Å². The Balaban J connectivity index is 2.99. The van der Waals surface area contributed by atoms with Crippen LogP contribution in [0, 0.1) is 10.1 Å². The Morgan fingerprint density at radius 2 is 2.21 bits per heavy atom. The summed E-state index contributed by atoms with van der Waals surface area (Å²) in [7, 11) is 0. The fourth-order valence-corrected chi connectivity index (χ4v) is 0.911. The molecule has 0 atom stereocenters. The van der Waals surface area contributed by atoms with Gasteiger partial charge < -0.3 is 0 Å². The van der Waals surface area contributed by atoms with Gasteiger partial charge in [0.15, 0.2) is 0 Å². The molecular weight excluding hydrogens is 186 g/mol. The number of aromatic nitrogens is 1. The van der Waals surface area contributed by atoms with Gasteiger partial charge >= 0.3 is 0 Å². The van der Waals surface area contributed by atoms with Crippen LogP contribution < -0.4 is 5.90 Å². The summed E-state index contributed by atoms with van der Waals surface area (Å²) in [6.45, 7) is 3.45. The molecular formula is C8H11N3O3. The highest BCUT2D eigenvalue weighted by atomic mass is 16.6. The molecule has 14 heavy (non-hydrogen) atoms. The van der Waals surface area contributed by atoms with Crippen LogP contribution in [0.1, 0.15) is 19.5 Å². The van der Waals surface area contributed by atoms with Gasteiger partial charge in [-0.3, -0.25) is 19.9 Å². The van der Waals surface area contributed by atoms with Crippen molar-refractivity contribution in [2.45, 2.75) is 19.4 Å². The maximum Gasteiger partial charge on any atom is 0.287 e. The summed E-state index contributed by atoms with van der Waals surface area (Å²) >= 11 is 0. The van der Waals surface area contributed by atoms with Crippen LogP contribution in [-0.4, -0.2) is 9.91 Å². The van der Waals surface area contributed by atoms with E-state index in [0.717, 1.165) is 0 Å². The Labute approximate surface area is 80.8 Å². The molecule has 1 rings (SSSR count). The largest absolute Gasteiger partial charge is 0.292 e. The second kappa shape index (κ2) is 3.69. The third kappa shape index (κ3) is 2.04. The van der Waals surface area contributed by atoms with E-state index in [-0.39, 0.29) is 5.69 Å². The molecule has 0 aliphatic rings. The van der Waals surface area contributed by atoms with Crippen molar-refractivity contribution >= 4 is 5.69 Å². The van der Waals surface area contributed by atoms with Crippen molar-refractivity contribution in [3.05, 3.63) is 34.1 Å². The van der Waals surface area contributed by atoms with Crippen LogP contribution in [0.5, 0.6) is 0 Å². The van der Waals surface area contributed by atoms with E-state index in [1.54, 1.807) is 13.8 Å². The average Bonchev–Trinajstić information content (AvgIpc) is 2.18. The van der Waals surface area contributed by atoms with Crippen LogP contribution in [-0.2, 0) is 10.4 Å². The first-order chi connectivity index (χ1) is 6.47. The molecule has 0 bridgehead atoms. The minimum Gasteiger partial charge on any atom is -0.292 e. The zero-order valence-corrected chi connectivity index (χ0v) is 7.93. The molecule has 0 saturated carbocycles. The standard InChI is InChI=1S/C8H11N3O3/c1-8(2,14-9)7-4-3-6(5-10-7)11(12)13/h3-5H,9H2,1-2H3. The van der Waals surface area contributed by atoms with E-state index in [9.17, 15) is 10.1 Å². The van der Waals surface area contributed by atoms with Crippen molar-refractivity contribution in [1.29, 1.82) is 0 Å². The lowest BCUT2D eigenvalue weighted by atomic mass is 10.0. The van der Waals surface area contributed by atoms with Crippen molar-refractivity contribution in [3.8, 4) is 0 Å². The molecule has 76 valence electrons. The maximum atomic E-state index is 10.3. The monoisotopic (exact) mass is 197 g/mol. The predicted molar refractivity (Wildman–Crippen MR) is 49.2 cm³/mol. The second-order valence-electron chi connectivity index (χ2n) is 3.29. The van der Waals surface area contributed by atoms with Crippen LogP contribution in [0.3, 0.4) is 0 Å². The number of hydrogen-bond acceptors (Lipinski definition) is 5. The Hall–Kier alpha value is -1.53. The highest BCUT2D eigenvalue weighted by molar-refractivity contribution is 5.28. The molecule has 0 radical (unpaired) electrons. The van der Waals surface area contributed by atoms with Crippen LogP contribution in [0.4, 0.5) is 5.69 Å². The summed E-state index contributed by atoms with van der Waals surface area (Å²) in [5.41, 5.74) is -0.248. The summed E-state index contributed by atoms with van der Waals surface area (Å²) in [6.07, 6.45) is 1.18. The normalized spacial score (nSPS) is 11.4. The number of nitrogens with zero attached hydrogens (tertiary/aromatic N) is 2. The summed E-state index contributed by atoms with van der Waals surface area (Å²) in [5.74, 6) is 5.06. The Morgan fingerprint density at radius 3 is 2.57 bits per heavy atom. The minimum atomic E-state index is -0.741. The first-order valence-corrected chi connectivity index (χ1v) is 3.96.